The molecule has 0 radical (unpaired) electrons. The molecule has 1 aliphatic heterocycles. The molecule has 5 rings (SSSR count). The second-order valence-electron chi connectivity index (χ2n) is 9.52. The Hall–Kier alpha value is -3.17. The van der Waals surface area contributed by atoms with Gasteiger partial charge in [0, 0.05) is 49.6 Å². The second kappa shape index (κ2) is 11.5. The third-order valence-electron chi connectivity index (χ3n) is 6.85. The first-order chi connectivity index (χ1) is 16.9. The molecule has 188 valence electrons. The number of rotatable bonds is 7. The Labute approximate surface area is 206 Å². The fraction of sp³-hybridized carbons (Fsp3) is 0.500. The largest absolute Gasteiger partial charge is 0.465 e. The van der Waals surface area contributed by atoms with Crippen molar-refractivity contribution in [2.24, 2.45) is 0 Å². The van der Waals surface area contributed by atoms with Crippen molar-refractivity contribution in [3.8, 4) is 0 Å². The molecule has 0 atom stereocenters. The SMILES string of the molecule is C1CCC1.CN1CCC(O)(c2ccc(Nc3ncc4ccn(CCCNC(=O)O)c4n3)cc2)CC1. The van der Waals surface area contributed by atoms with Crippen LogP contribution in [0.1, 0.15) is 50.5 Å². The molecule has 0 spiro atoms. The number of anilines is 2. The molecule has 1 saturated carbocycles. The lowest BCUT2D eigenvalue weighted by Gasteiger charge is -2.37. The predicted octanol–water partition coefficient (Wildman–Crippen LogP) is 4.31. The number of amides is 1. The molecule has 3 aromatic rings. The lowest BCUT2D eigenvalue weighted by atomic mass is 9.84. The monoisotopic (exact) mass is 480 g/mol. The van der Waals surface area contributed by atoms with Crippen molar-refractivity contribution >= 4 is 28.8 Å². The number of hydrogen-bond acceptors (Lipinski definition) is 6. The van der Waals surface area contributed by atoms with Crippen LogP contribution < -0.4 is 10.6 Å². The van der Waals surface area contributed by atoms with Crippen molar-refractivity contribution in [3.63, 3.8) is 0 Å². The van der Waals surface area contributed by atoms with Crippen molar-refractivity contribution in [1.29, 1.82) is 0 Å². The zero-order chi connectivity index (χ0) is 24.7. The van der Waals surface area contributed by atoms with Gasteiger partial charge >= 0.3 is 6.09 Å². The predicted molar refractivity (Wildman–Crippen MR) is 137 cm³/mol. The van der Waals surface area contributed by atoms with E-state index >= 15 is 0 Å². The van der Waals surface area contributed by atoms with Crippen molar-refractivity contribution in [3.05, 3.63) is 48.3 Å². The zero-order valence-electron chi connectivity index (χ0n) is 20.4. The van der Waals surface area contributed by atoms with Crippen LogP contribution in [0.5, 0.6) is 0 Å². The van der Waals surface area contributed by atoms with E-state index in [9.17, 15) is 9.90 Å². The van der Waals surface area contributed by atoms with Crippen LogP contribution >= 0.6 is 0 Å². The topological polar surface area (TPSA) is 116 Å². The van der Waals surface area contributed by atoms with Gasteiger partial charge < -0.3 is 30.3 Å². The average Bonchev–Trinajstić information content (AvgIpc) is 3.20. The molecular weight excluding hydrogens is 444 g/mol. The van der Waals surface area contributed by atoms with Crippen LogP contribution in [0.3, 0.4) is 0 Å². The Morgan fingerprint density at radius 3 is 2.40 bits per heavy atom. The molecule has 1 amide bonds. The van der Waals surface area contributed by atoms with Gasteiger partial charge in [0.1, 0.15) is 5.65 Å². The summed E-state index contributed by atoms with van der Waals surface area (Å²) in [6.45, 7) is 2.82. The van der Waals surface area contributed by atoms with Gasteiger partial charge in [-0.15, -0.1) is 0 Å². The van der Waals surface area contributed by atoms with Crippen LogP contribution in [0.15, 0.2) is 42.7 Å². The van der Waals surface area contributed by atoms with Gasteiger partial charge in [0.15, 0.2) is 0 Å². The number of aryl methyl sites for hydroxylation is 1. The van der Waals surface area contributed by atoms with Gasteiger partial charge in [-0.2, -0.15) is 4.98 Å². The molecule has 9 nitrogen and oxygen atoms in total. The number of nitrogens with one attached hydrogen (secondary N) is 2. The van der Waals surface area contributed by atoms with Gasteiger partial charge in [0.2, 0.25) is 5.95 Å². The smallest absolute Gasteiger partial charge is 0.404 e. The van der Waals surface area contributed by atoms with E-state index in [4.69, 9.17) is 5.11 Å². The van der Waals surface area contributed by atoms with Crippen molar-refractivity contribution < 1.29 is 15.0 Å². The molecule has 1 saturated heterocycles. The summed E-state index contributed by atoms with van der Waals surface area (Å²) in [4.78, 5) is 21.8. The zero-order valence-corrected chi connectivity index (χ0v) is 20.4. The van der Waals surface area contributed by atoms with Crippen molar-refractivity contribution in [2.45, 2.75) is 57.1 Å². The molecule has 9 heteroatoms. The summed E-state index contributed by atoms with van der Waals surface area (Å²) < 4.78 is 1.99. The molecule has 1 aliphatic carbocycles. The number of hydrogen-bond donors (Lipinski definition) is 4. The third kappa shape index (κ3) is 6.70. The highest BCUT2D eigenvalue weighted by Gasteiger charge is 2.32. The van der Waals surface area contributed by atoms with E-state index in [1.165, 1.54) is 25.7 Å². The summed E-state index contributed by atoms with van der Waals surface area (Å²) in [5.41, 5.74) is 1.82. The second-order valence-corrected chi connectivity index (χ2v) is 9.52. The van der Waals surface area contributed by atoms with E-state index in [1.807, 2.05) is 41.1 Å². The number of nitrogens with zero attached hydrogens (tertiary/aromatic N) is 4. The minimum absolute atomic E-state index is 0.389. The summed E-state index contributed by atoms with van der Waals surface area (Å²) in [7, 11) is 2.08. The summed E-state index contributed by atoms with van der Waals surface area (Å²) in [6, 6.07) is 9.75. The molecule has 2 fully saturated rings. The van der Waals surface area contributed by atoms with Crippen LogP contribution in [-0.2, 0) is 12.1 Å². The van der Waals surface area contributed by atoms with E-state index in [0.29, 0.717) is 25.5 Å². The Balaban J connectivity index is 0.000000656. The molecule has 3 heterocycles. The van der Waals surface area contributed by atoms with Crippen LogP contribution in [0, 0.1) is 0 Å². The molecule has 35 heavy (non-hydrogen) atoms. The quantitative estimate of drug-likeness (QED) is 0.373. The molecule has 0 bridgehead atoms. The highest BCUT2D eigenvalue weighted by molar-refractivity contribution is 5.76. The Kier molecular flexibility index (Phi) is 8.20. The van der Waals surface area contributed by atoms with Gasteiger partial charge in [-0.05, 0) is 50.1 Å². The van der Waals surface area contributed by atoms with Crippen molar-refractivity contribution in [2.75, 3.05) is 32.0 Å². The molecular formula is C26H36N6O3. The Morgan fingerprint density at radius 2 is 1.77 bits per heavy atom. The minimum Gasteiger partial charge on any atom is -0.465 e. The number of benzene rings is 1. The van der Waals surface area contributed by atoms with Gasteiger partial charge in [0.25, 0.3) is 0 Å². The van der Waals surface area contributed by atoms with Gasteiger partial charge in [-0.3, -0.25) is 0 Å². The van der Waals surface area contributed by atoms with Gasteiger partial charge in [-0.1, -0.05) is 37.8 Å². The summed E-state index contributed by atoms with van der Waals surface area (Å²) in [6.07, 6.45) is 10.8. The van der Waals surface area contributed by atoms with E-state index in [-0.39, 0.29) is 0 Å². The van der Waals surface area contributed by atoms with E-state index < -0.39 is 11.7 Å². The van der Waals surface area contributed by atoms with Crippen LogP contribution in [0.4, 0.5) is 16.4 Å². The minimum atomic E-state index is -1.01. The summed E-state index contributed by atoms with van der Waals surface area (Å²) in [5.74, 6) is 0.488. The maximum atomic E-state index is 11.0. The molecule has 0 unspecified atom stereocenters. The van der Waals surface area contributed by atoms with Crippen LogP contribution in [0.25, 0.3) is 11.0 Å². The third-order valence-corrected chi connectivity index (χ3v) is 6.85. The number of carboxylic acid groups (broad SMARTS) is 1. The van der Waals surface area contributed by atoms with Gasteiger partial charge in [-0.25, -0.2) is 9.78 Å². The number of aliphatic hydroxyl groups is 1. The van der Waals surface area contributed by atoms with Gasteiger partial charge in [0.05, 0.1) is 5.60 Å². The number of piperidine rings is 1. The molecule has 2 aromatic heterocycles. The highest BCUT2D eigenvalue weighted by Crippen LogP contribution is 2.33. The summed E-state index contributed by atoms with van der Waals surface area (Å²) >= 11 is 0. The molecule has 4 N–H and O–H groups in total. The number of likely N-dealkylation sites (tertiary alicyclic amines) is 1. The lowest BCUT2D eigenvalue weighted by molar-refractivity contribution is -0.0203. The van der Waals surface area contributed by atoms with Crippen molar-refractivity contribution in [1.82, 2.24) is 24.8 Å². The first-order valence-electron chi connectivity index (χ1n) is 12.5. The molecule has 2 aliphatic rings. The fourth-order valence-electron chi connectivity index (χ4n) is 4.18. The maximum absolute atomic E-state index is 11.0. The van der Waals surface area contributed by atoms with Crippen LogP contribution in [-0.4, -0.2) is 62.4 Å². The first kappa shape index (κ1) is 24.9. The lowest BCUT2D eigenvalue weighted by Crippen LogP contribution is -2.40. The van der Waals surface area contributed by atoms with E-state index in [1.54, 1.807) is 6.20 Å². The van der Waals surface area contributed by atoms with Crippen LogP contribution in [0.2, 0.25) is 0 Å². The normalized spacial score (nSPS) is 17.2. The number of carbonyl (C=O) groups is 1. The maximum Gasteiger partial charge on any atom is 0.404 e. The number of aromatic nitrogens is 3. The highest BCUT2D eigenvalue weighted by atomic mass is 16.4. The van der Waals surface area contributed by atoms with E-state index in [0.717, 1.165) is 48.2 Å². The standard InChI is InChI=1S/C22H28N6O3.C4H8/c1-27-13-8-22(31,9-14-27)17-3-5-18(6-4-17)25-20-24-15-16-7-12-28(19(16)26-20)11-2-10-23-21(29)30;1-2-4-3-1/h3-7,12,15,23,31H,2,8-11,13-14H2,1H3,(H,29,30)(H,24,25,26);1-4H2. The molecule has 1 aromatic carbocycles. The first-order valence-corrected chi connectivity index (χ1v) is 12.5. The number of fused-ring (bicyclic) bond motifs is 1. The summed E-state index contributed by atoms with van der Waals surface area (Å²) in [5, 5.41) is 26.2. The average molecular weight is 481 g/mol. The Morgan fingerprint density at radius 1 is 1.09 bits per heavy atom. The Bertz CT molecular complexity index is 1100. The fourth-order valence-corrected chi connectivity index (χ4v) is 4.18. The van der Waals surface area contributed by atoms with E-state index in [2.05, 4.69) is 32.5 Å².